The number of unbranched alkanes of at least 4 members (excludes halogenated alkanes) is 25. The molecular weight excluding hydrogens is 829 g/mol. The molecule has 0 aliphatic heterocycles. The van der Waals surface area contributed by atoms with Gasteiger partial charge in [-0.1, -0.05) is 254 Å². The Balaban J connectivity index is 3.99. The largest absolute Gasteiger partial charge is 0.462 e. The lowest BCUT2D eigenvalue weighted by Gasteiger charge is -2.18. The molecule has 0 rings (SSSR count). The lowest BCUT2D eigenvalue weighted by atomic mass is 10.0. The van der Waals surface area contributed by atoms with Crippen LogP contribution in [0.3, 0.4) is 0 Å². The number of hydrogen-bond donors (Lipinski definition) is 0. The summed E-state index contributed by atoms with van der Waals surface area (Å²) in [6.07, 6.45) is 71.9. The smallest absolute Gasteiger partial charge is 0.306 e. The minimum atomic E-state index is -0.769. The van der Waals surface area contributed by atoms with Gasteiger partial charge >= 0.3 is 17.9 Å². The summed E-state index contributed by atoms with van der Waals surface area (Å²) in [6.45, 7) is 6.45. The lowest BCUT2D eigenvalue weighted by Crippen LogP contribution is -2.30. The zero-order chi connectivity index (χ0) is 48.6. The van der Waals surface area contributed by atoms with Crippen LogP contribution < -0.4 is 0 Å². The molecule has 6 nitrogen and oxygen atoms in total. The van der Waals surface area contributed by atoms with Gasteiger partial charge in [-0.05, 0) is 77.0 Å². The molecule has 0 aromatic heterocycles. The van der Waals surface area contributed by atoms with E-state index >= 15 is 0 Å². The fraction of sp³-hybridized carbons (Fsp3) is 0.721. The second-order valence-corrected chi connectivity index (χ2v) is 18.5. The van der Waals surface area contributed by atoms with Crippen LogP contribution in [0.15, 0.2) is 85.1 Å². The van der Waals surface area contributed by atoms with E-state index in [0.29, 0.717) is 19.3 Å². The molecule has 0 fully saturated rings. The van der Waals surface area contributed by atoms with Gasteiger partial charge in [0, 0.05) is 19.3 Å². The SMILES string of the molecule is CC/C=C\C/C=C\C/C=C\C/C=C\C/C=C\C/C=C\C/C=C\CCCCCCCCCCCCCC(=O)OCC(COC(=O)CCCCCCCC)OC(=O)CCCCCCCCCCCC. The van der Waals surface area contributed by atoms with Gasteiger partial charge in [0.15, 0.2) is 6.10 Å². The van der Waals surface area contributed by atoms with E-state index in [1.807, 2.05) is 0 Å². The van der Waals surface area contributed by atoms with Crippen molar-refractivity contribution in [1.29, 1.82) is 0 Å². The van der Waals surface area contributed by atoms with Gasteiger partial charge in [-0.25, -0.2) is 0 Å². The van der Waals surface area contributed by atoms with Crippen molar-refractivity contribution < 1.29 is 28.6 Å². The minimum Gasteiger partial charge on any atom is -0.462 e. The van der Waals surface area contributed by atoms with Gasteiger partial charge < -0.3 is 14.2 Å². The summed E-state index contributed by atoms with van der Waals surface area (Å²) in [6, 6.07) is 0. The zero-order valence-corrected chi connectivity index (χ0v) is 43.9. The van der Waals surface area contributed by atoms with Gasteiger partial charge in [0.2, 0.25) is 0 Å². The molecule has 0 radical (unpaired) electrons. The molecule has 0 N–H and O–H groups in total. The topological polar surface area (TPSA) is 78.9 Å². The Kier molecular flexibility index (Phi) is 52.4. The molecule has 0 aromatic rings. The first-order valence-corrected chi connectivity index (χ1v) is 28.1. The Morgan fingerprint density at radius 2 is 0.582 bits per heavy atom. The fourth-order valence-corrected chi connectivity index (χ4v) is 7.72. The first-order chi connectivity index (χ1) is 33.0. The molecule has 384 valence electrons. The molecule has 0 amide bonds. The predicted molar refractivity (Wildman–Crippen MR) is 288 cm³/mol. The molecule has 0 saturated carbocycles. The molecular formula is C61H104O6. The van der Waals surface area contributed by atoms with Crippen molar-refractivity contribution in [1.82, 2.24) is 0 Å². The highest BCUT2D eigenvalue weighted by molar-refractivity contribution is 5.71. The molecule has 1 unspecified atom stereocenters. The normalized spacial score (nSPS) is 12.7. The number of allylic oxidation sites excluding steroid dienone is 14. The average Bonchev–Trinajstić information content (AvgIpc) is 3.33. The van der Waals surface area contributed by atoms with E-state index in [1.54, 1.807) is 0 Å². The first-order valence-electron chi connectivity index (χ1n) is 28.1. The predicted octanol–water partition coefficient (Wildman–Crippen LogP) is 18.8. The minimum absolute atomic E-state index is 0.0740. The van der Waals surface area contributed by atoms with Crippen LogP contribution in [0.1, 0.15) is 265 Å². The fourth-order valence-electron chi connectivity index (χ4n) is 7.72. The van der Waals surface area contributed by atoms with Crippen LogP contribution in [0.25, 0.3) is 0 Å². The highest BCUT2D eigenvalue weighted by Gasteiger charge is 2.19. The second kappa shape index (κ2) is 55.2. The summed E-state index contributed by atoms with van der Waals surface area (Å²) < 4.78 is 16.7. The summed E-state index contributed by atoms with van der Waals surface area (Å²) >= 11 is 0. The number of carbonyl (C=O) groups excluding carboxylic acids is 3. The molecule has 0 aliphatic carbocycles. The number of rotatable bonds is 50. The van der Waals surface area contributed by atoms with E-state index in [0.717, 1.165) is 103 Å². The maximum Gasteiger partial charge on any atom is 0.306 e. The molecule has 67 heavy (non-hydrogen) atoms. The lowest BCUT2D eigenvalue weighted by molar-refractivity contribution is -0.167. The summed E-state index contributed by atoms with van der Waals surface area (Å²) in [5.74, 6) is -0.886. The molecule has 0 aromatic carbocycles. The van der Waals surface area contributed by atoms with Gasteiger partial charge in [0.1, 0.15) is 13.2 Å². The molecule has 0 aliphatic rings. The van der Waals surface area contributed by atoms with Crippen molar-refractivity contribution in [3.8, 4) is 0 Å². The van der Waals surface area contributed by atoms with Crippen LogP contribution in [0.5, 0.6) is 0 Å². The van der Waals surface area contributed by atoms with E-state index in [9.17, 15) is 14.4 Å². The second-order valence-electron chi connectivity index (χ2n) is 18.5. The van der Waals surface area contributed by atoms with E-state index in [2.05, 4.69) is 106 Å². The maximum absolute atomic E-state index is 12.7. The van der Waals surface area contributed by atoms with Gasteiger partial charge in [-0.15, -0.1) is 0 Å². The third-order valence-corrected chi connectivity index (χ3v) is 11.9. The highest BCUT2D eigenvalue weighted by Crippen LogP contribution is 2.15. The van der Waals surface area contributed by atoms with Crippen molar-refractivity contribution in [2.24, 2.45) is 0 Å². The standard InChI is InChI=1S/C61H104O6/c1-4-7-10-13-16-18-20-21-22-23-24-25-26-27-28-29-30-31-32-33-34-35-36-37-38-39-40-41-42-44-45-48-51-54-60(63)66-57-58(56-65-59(62)53-50-47-15-12-9-6-3)67-61(64)55-52-49-46-43-19-17-14-11-8-5-2/h7,10,16,18,21-22,24-25,27-28,30-31,33-34,58H,4-6,8-9,11-15,17,19-20,23,26,29,32,35-57H2,1-3H3/b10-7-,18-16-,22-21-,25-24-,28-27-,31-30-,34-33-. The molecule has 0 saturated heterocycles. The summed E-state index contributed by atoms with van der Waals surface area (Å²) in [7, 11) is 0. The van der Waals surface area contributed by atoms with Crippen LogP contribution in [-0.2, 0) is 28.6 Å². The third kappa shape index (κ3) is 53.4. The summed E-state index contributed by atoms with van der Waals surface area (Å²) in [4.78, 5) is 37.7. The van der Waals surface area contributed by atoms with Crippen molar-refractivity contribution in [2.45, 2.75) is 271 Å². The number of hydrogen-bond acceptors (Lipinski definition) is 6. The van der Waals surface area contributed by atoms with Crippen LogP contribution in [-0.4, -0.2) is 37.2 Å². The van der Waals surface area contributed by atoms with Gasteiger partial charge in [0.25, 0.3) is 0 Å². The molecule has 0 heterocycles. The highest BCUT2D eigenvalue weighted by atomic mass is 16.6. The maximum atomic E-state index is 12.7. The molecule has 0 spiro atoms. The Labute approximate surface area is 414 Å². The van der Waals surface area contributed by atoms with E-state index in [-0.39, 0.29) is 31.1 Å². The molecule has 6 heteroatoms. The van der Waals surface area contributed by atoms with Crippen molar-refractivity contribution >= 4 is 17.9 Å². The Morgan fingerprint density at radius 1 is 0.313 bits per heavy atom. The Morgan fingerprint density at radius 3 is 0.910 bits per heavy atom. The summed E-state index contributed by atoms with van der Waals surface area (Å²) in [5.41, 5.74) is 0. The third-order valence-electron chi connectivity index (χ3n) is 11.9. The Bertz CT molecular complexity index is 1300. The monoisotopic (exact) mass is 933 g/mol. The number of carbonyl (C=O) groups is 3. The van der Waals surface area contributed by atoms with Crippen LogP contribution >= 0.6 is 0 Å². The zero-order valence-electron chi connectivity index (χ0n) is 43.9. The van der Waals surface area contributed by atoms with Gasteiger partial charge in [-0.3, -0.25) is 14.4 Å². The van der Waals surface area contributed by atoms with E-state index < -0.39 is 6.10 Å². The average molecular weight is 933 g/mol. The van der Waals surface area contributed by atoms with E-state index in [1.165, 1.54) is 122 Å². The van der Waals surface area contributed by atoms with Crippen LogP contribution in [0.4, 0.5) is 0 Å². The molecule has 1 atom stereocenters. The van der Waals surface area contributed by atoms with E-state index in [4.69, 9.17) is 14.2 Å². The van der Waals surface area contributed by atoms with Gasteiger partial charge in [-0.2, -0.15) is 0 Å². The van der Waals surface area contributed by atoms with Crippen molar-refractivity contribution in [3.63, 3.8) is 0 Å². The van der Waals surface area contributed by atoms with Crippen LogP contribution in [0, 0.1) is 0 Å². The van der Waals surface area contributed by atoms with Crippen LogP contribution in [0.2, 0.25) is 0 Å². The quantitative estimate of drug-likeness (QED) is 0.0262. The number of esters is 3. The van der Waals surface area contributed by atoms with Crippen molar-refractivity contribution in [2.75, 3.05) is 13.2 Å². The number of ether oxygens (including phenoxy) is 3. The Hall–Kier alpha value is -3.41. The first kappa shape index (κ1) is 63.6. The summed E-state index contributed by atoms with van der Waals surface area (Å²) in [5, 5.41) is 0. The van der Waals surface area contributed by atoms with Gasteiger partial charge in [0.05, 0.1) is 0 Å². The van der Waals surface area contributed by atoms with Crippen molar-refractivity contribution in [3.05, 3.63) is 85.1 Å². The molecule has 0 bridgehead atoms.